The van der Waals surface area contributed by atoms with E-state index in [0.717, 1.165) is 5.39 Å². The predicted molar refractivity (Wildman–Crippen MR) is 51.9 cm³/mol. The zero-order valence-electron chi connectivity index (χ0n) is 8.63. The summed E-state index contributed by atoms with van der Waals surface area (Å²) in [5.41, 5.74) is 0. The summed E-state index contributed by atoms with van der Waals surface area (Å²) in [5.74, 6) is -0.150. The molecule has 0 aliphatic carbocycles. The van der Waals surface area contributed by atoms with Crippen LogP contribution < -0.4 is 0 Å². The van der Waals surface area contributed by atoms with Crippen LogP contribution in [0.3, 0.4) is 0 Å². The first-order chi connectivity index (χ1) is 5.38. The van der Waals surface area contributed by atoms with Crippen molar-refractivity contribution in [3.8, 4) is 0 Å². The van der Waals surface area contributed by atoms with Crippen molar-refractivity contribution in [1.82, 2.24) is 0 Å². The van der Waals surface area contributed by atoms with E-state index in [2.05, 4.69) is 0 Å². The standard InChI is InChI=1S/C10H7F.Mg.2H/c11-10-7-3-5-8-4-1-2-6-9(8)10;;;/h1-7H;;;/q;+2;2*-1. The van der Waals surface area contributed by atoms with Gasteiger partial charge in [-0.2, -0.15) is 0 Å². The molecule has 0 spiro atoms. The minimum Gasteiger partial charge on any atom is -1.00 e. The molecule has 0 aliphatic heterocycles. The maximum Gasteiger partial charge on any atom is 2.00 e. The van der Waals surface area contributed by atoms with Crippen LogP contribution in [0.1, 0.15) is 2.85 Å². The fourth-order valence-electron chi connectivity index (χ4n) is 1.19. The van der Waals surface area contributed by atoms with Crippen molar-refractivity contribution in [2.75, 3.05) is 0 Å². The molecule has 2 rings (SSSR count). The maximum atomic E-state index is 13.0. The van der Waals surface area contributed by atoms with Crippen molar-refractivity contribution < 1.29 is 7.24 Å². The molecule has 12 heavy (non-hydrogen) atoms. The summed E-state index contributed by atoms with van der Waals surface area (Å²) in [4.78, 5) is 0. The monoisotopic (exact) mass is 172 g/mol. The SMILES string of the molecule is Fc1cccc2ccccc12.[H-].[H-].[Mg+2]. The Balaban J connectivity index is 0. The van der Waals surface area contributed by atoms with E-state index in [0.29, 0.717) is 5.39 Å². The first-order valence-electron chi connectivity index (χ1n) is 3.51. The summed E-state index contributed by atoms with van der Waals surface area (Å²) < 4.78 is 13.0. The van der Waals surface area contributed by atoms with Gasteiger partial charge in [0, 0.05) is 5.39 Å². The molecule has 0 saturated heterocycles. The molecule has 0 amide bonds. The third kappa shape index (κ3) is 1.59. The summed E-state index contributed by atoms with van der Waals surface area (Å²) in [7, 11) is 0. The van der Waals surface area contributed by atoms with E-state index in [1.165, 1.54) is 6.07 Å². The molecular weight excluding hydrogens is 163 g/mol. The summed E-state index contributed by atoms with van der Waals surface area (Å²) in [6.07, 6.45) is 0. The second kappa shape index (κ2) is 3.87. The van der Waals surface area contributed by atoms with E-state index < -0.39 is 0 Å². The predicted octanol–water partition coefficient (Wildman–Crippen LogP) is 2.82. The third-order valence-corrected chi connectivity index (χ3v) is 1.74. The van der Waals surface area contributed by atoms with Gasteiger partial charge >= 0.3 is 23.1 Å². The minimum atomic E-state index is -0.150. The zero-order chi connectivity index (χ0) is 7.68. The number of benzene rings is 2. The zero-order valence-corrected chi connectivity index (χ0v) is 8.04. The Labute approximate surface area is 89.5 Å². The summed E-state index contributed by atoms with van der Waals surface area (Å²) in [6.45, 7) is 0. The van der Waals surface area contributed by atoms with Gasteiger partial charge in [0.25, 0.3) is 0 Å². The molecule has 58 valence electrons. The minimum absolute atomic E-state index is 0. The van der Waals surface area contributed by atoms with Crippen LogP contribution in [-0.2, 0) is 0 Å². The molecule has 0 aliphatic rings. The Hall–Kier alpha value is -0.604. The molecule has 0 heterocycles. The van der Waals surface area contributed by atoms with Gasteiger partial charge in [0.2, 0.25) is 0 Å². The molecular formula is C10H9FMg. The fourth-order valence-corrected chi connectivity index (χ4v) is 1.19. The van der Waals surface area contributed by atoms with Gasteiger partial charge in [-0.25, -0.2) is 4.39 Å². The molecule has 2 heteroatoms. The van der Waals surface area contributed by atoms with Gasteiger partial charge in [0.15, 0.2) is 0 Å². The number of hydrogen-bond donors (Lipinski definition) is 0. The van der Waals surface area contributed by atoms with Crippen LogP contribution in [0.15, 0.2) is 42.5 Å². The van der Waals surface area contributed by atoms with E-state index in [9.17, 15) is 4.39 Å². The largest absolute Gasteiger partial charge is 2.00 e. The van der Waals surface area contributed by atoms with Crippen LogP contribution in [0.5, 0.6) is 0 Å². The third-order valence-electron chi connectivity index (χ3n) is 1.74. The molecule has 0 radical (unpaired) electrons. The second-order valence-corrected chi connectivity index (χ2v) is 2.46. The van der Waals surface area contributed by atoms with Crippen LogP contribution in [-0.4, -0.2) is 23.1 Å². The fraction of sp³-hybridized carbons (Fsp3) is 0. The van der Waals surface area contributed by atoms with Crippen LogP contribution in [0.4, 0.5) is 4.39 Å². The van der Waals surface area contributed by atoms with Crippen molar-refractivity contribution in [2.45, 2.75) is 0 Å². The quantitative estimate of drug-likeness (QED) is 0.536. The van der Waals surface area contributed by atoms with Crippen molar-refractivity contribution in [3.63, 3.8) is 0 Å². The van der Waals surface area contributed by atoms with E-state index >= 15 is 0 Å². The van der Waals surface area contributed by atoms with Crippen LogP contribution >= 0.6 is 0 Å². The number of fused-ring (bicyclic) bond motifs is 1. The van der Waals surface area contributed by atoms with E-state index in [-0.39, 0.29) is 31.7 Å². The molecule has 0 unspecified atom stereocenters. The second-order valence-electron chi connectivity index (χ2n) is 2.46. The van der Waals surface area contributed by atoms with Crippen LogP contribution in [0.25, 0.3) is 10.8 Å². The Morgan fingerprint density at radius 3 is 2.33 bits per heavy atom. The Bertz CT molecular complexity index is 387. The molecule has 0 saturated carbocycles. The molecule has 0 N–H and O–H groups in total. The van der Waals surface area contributed by atoms with Crippen molar-refractivity contribution in [1.29, 1.82) is 0 Å². The van der Waals surface area contributed by atoms with E-state index in [1.54, 1.807) is 12.1 Å². The first kappa shape index (κ1) is 9.48. The van der Waals surface area contributed by atoms with E-state index in [4.69, 9.17) is 0 Å². The number of hydrogen-bond acceptors (Lipinski definition) is 0. The molecule has 2 aromatic carbocycles. The average Bonchev–Trinajstić information content (AvgIpc) is 2.06. The van der Waals surface area contributed by atoms with Crippen LogP contribution in [0, 0.1) is 5.82 Å². The van der Waals surface area contributed by atoms with E-state index in [1.807, 2.05) is 24.3 Å². The smallest absolute Gasteiger partial charge is 1.00 e. The molecule has 0 nitrogen and oxygen atoms in total. The summed E-state index contributed by atoms with van der Waals surface area (Å²) >= 11 is 0. The molecule has 2 aromatic rings. The molecule has 0 atom stereocenters. The van der Waals surface area contributed by atoms with Crippen molar-refractivity contribution >= 4 is 33.8 Å². The summed E-state index contributed by atoms with van der Waals surface area (Å²) in [5, 5.41) is 1.64. The van der Waals surface area contributed by atoms with Gasteiger partial charge in [-0.3, -0.25) is 0 Å². The van der Waals surface area contributed by atoms with Gasteiger partial charge in [0.1, 0.15) is 5.82 Å². The average molecular weight is 172 g/mol. The van der Waals surface area contributed by atoms with Crippen molar-refractivity contribution in [3.05, 3.63) is 48.3 Å². The Morgan fingerprint density at radius 2 is 1.58 bits per heavy atom. The Kier molecular flexibility index (Phi) is 3.06. The van der Waals surface area contributed by atoms with Gasteiger partial charge in [0.05, 0.1) is 0 Å². The number of rotatable bonds is 0. The van der Waals surface area contributed by atoms with Gasteiger partial charge in [-0.1, -0.05) is 36.4 Å². The van der Waals surface area contributed by atoms with Crippen LogP contribution in [0.2, 0.25) is 0 Å². The molecule has 0 fully saturated rings. The van der Waals surface area contributed by atoms with Gasteiger partial charge in [-0.15, -0.1) is 0 Å². The first-order valence-corrected chi connectivity index (χ1v) is 3.51. The summed E-state index contributed by atoms with van der Waals surface area (Å²) in [6, 6.07) is 12.5. The maximum absolute atomic E-state index is 13.0. The number of halogens is 1. The van der Waals surface area contributed by atoms with Gasteiger partial charge < -0.3 is 2.85 Å². The van der Waals surface area contributed by atoms with Gasteiger partial charge in [-0.05, 0) is 11.5 Å². The normalized spacial score (nSPS) is 9.42. The van der Waals surface area contributed by atoms with Crippen molar-refractivity contribution in [2.24, 2.45) is 0 Å². The topological polar surface area (TPSA) is 0 Å². The molecule has 0 aromatic heterocycles. The molecule has 0 bridgehead atoms. The Morgan fingerprint density at radius 1 is 0.917 bits per heavy atom.